The van der Waals surface area contributed by atoms with Gasteiger partial charge in [-0.05, 0) is 77.0 Å². The largest absolute Gasteiger partial charge is 0.0617 e. The molecule has 0 heterocycles. The van der Waals surface area contributed by atoms with Crippen molar-refractivity contribution in [2.45, 2.75) is 176 Å². The molecule has 0 heteroatoms. The van der Waals surface area contributed by atoms with Crippen LogP contribution in [0.5, 0.6) is 0 Å². The second-order valence-electron chi connectivity index (χ2n) is 18.9. The van der Waals surface area contributed by atoms with Gasteiger partial charge in [0.2, 0.25) is 0 Å². The fraction of sp³-hybridized carbons (Fsp3) is 0.692. The van der Waals surface area contributed by atoms with Gasteiger partial charge < -0.3 is 0 Å². The van der Waals surface area contributed by atoms with Gasteiger partial charge in [-0.3, -0.25) is 0 Å². The van der Waals surface area contributed by atoms with Crippen molar-refractivity contribution in [3.63, 3.8) is 0 Å². The highest BCUT2D eigenvalue weighted by Gasteiger charge is 2.44. The molecule has 220 valence electrons. The van der Waals surface area contributed by atoms with Crippen LogP contribution in [0.25, 0.3) is 0 Å². The molecule has 0 spiro atoms. The first-order valence-electron chi connectivity index (χ1n) is 15.3. The SMILES string of the molecule is CC(C)(C)c1cc(C(C)(C)C)c(C(C)(C)c2c(C(C)(C)C)cccc2C(C)(C)C)c(C(C)(C)C)c1C(C)(C)C. The van der Waals surface area contributed by atoms with Crippen LogP contribution in [-0.4, -0.2) is 0 Å². The highest BCUT2D eigenvalue weighted by Crippen LogP contribution is 2.53. The molecule has 2 aromatic carbocycles. The normalized spacial score (nSPS) is 14.7. The van der Waals surface area contributed by atoms with Gasteiger partial charge in [-0.2, -0.15) is 0 Å². The lowest BCUT2D eigenvalue weighted by Gasteiger charge is -2.47. The maximum absolute atomic E-state index is 2.61. The molecule has 39 heavy (non-hydrogen) atoms. The Kier molecular flexibility index (Phi) is 8.43. The van der Waals surface area contributed by atoms with Gasteiger partial charge in [0.15, 0.2) is 0 Å². The Morgan fingerprint density at radius 3 is 0.897 bits per heavy atom. The predicted molar refractivity (Wildman–Crippen MR) is 177 cm³/mol. The minimum Gasteiger partial charge on any atom is -0.0617 e. The zero-order chi connectivity index (χ0) is 30.9. The zero-order valence-corrected chi connectivity index (χ0v) is 29.8. The van der Waals surface area contributed by atoms with Gasteiger partial charge in [-0.25, -0.2) is 0 Å². The molecule has 0 amide bonds. The summed E-state index contributed by atoms with van der Waals surface area (Å²) in [6, 6.07) is 9.70. The smallest absolute Gasteiger partial charge is 0.0158 e. The summed E-state index contributed by atoms with van der Waals surface area (Å²) in [4.78, 5) is 0. The van der Waals surface area contributed by atoms with E-state index in [0.29, 0.717) is 0 Å². The van der Waals surface area contributed by atoms with E-state index >= 15 is 0 Å². The zero-order valence-electron chi connectivity index (χ0n) is 29.8. The monoisotopic (exact) mass is 533 g/mol. The van der Waals surface area contributed by atoms with Gasteiger partial charge in [0.25, 0.3) is 0 Å². The van der Waals surface area contributed by atoms with E-state index in [1.54, 1.807) is 16.7 Å². The summed E-state index contributed by atoms with van der Waals surface area (Å²) < 4.78 is 0. The van der Waals surface area contributed by atoms with Gasteiger partial charge >= 0.3 is 0 Å². The Balaban J connectivity index is 3.47. The summed E-state index contributed by atoms with van der Waals surface area (Å²) in [5, 5.41) is 0. The van der Waals surface area contributed by atoms with Crippen LogP contribution in [0.1, 0.15) is 183 Å². The van der Waals surface area contributed by atoms with Crippen molar-refractivity contribution in [3.8, 4) is 0 Å². The lowest BCUT2D eigenvalue weighted by atomic mass is 9.57. The molecule has 0 nitrogen and oxygen atoms in total. The lowest BCUT2D eigenvalue weighted by molar-refractivity contribution is 0.458. The molecule has 0 aliphatic carbocycles. The molecule has 0 aliphatic rings. The van der Waals surface area contributed by atoms with E-state index in [4.69, 9.17) is 0 Å². The third-order valence-electron chi connectivity index (χ3n) is 8.37. The van der Waals surface area contributed by atoms with Gasteiger partial charge in [-0.15, -0.1) is 0 Å². The Bertz CT molecular complexity index is 1160. The summed E-state index contributed by atoms with van der Waals surface area (Å²) in [5.41, 5.74) is 12.0. The Morgan fingerprint density at radius 1 is 0.308 bits per heavy atom. The number of rotatable bonds is 2. The van der Waals surface area contributed by atoms with Crippen LogP contribution in [0.3, 0.4) is 0 Å². The van der Waals surface area contributed by atoms with Crippen LogP contribution in [0, 0.1) is 0 Å². The standard InChI is InChI=1S/C39H64/c1-33(2,3)25-22-21-23-26(34(4,5)6)29(25)39(19,20)31-28(36(10,11)12)24-27(35(7,8)9)30(37(13,14)15)32(31)38(16,17)18/h21-24H,1-20H3. The molecule has 0 unspecified atom stereocenters. The fourth-order valence-electron chi connectivity index (χ4n) is 6.64. The van der Waals surface area contributed by atoms with Crippen LogP contribution >= 0.6 is 0 Å². The van der Waals surface area contributed by atoms with Crippen LogP contribution in [0.4, 0.5) is 0 Å². The van der Waals surface area contributed by atoms with E-state index in [2.05, 4.69) is 163 Å². The summed E-state index contributed by atoms with van der Waals surface area (Å²) in [7, 11) is 0. The van der Waals surface area contributed by atoms with Gasteiger partial charge in [0.05, 0.1) is 0 Å². The molecular weight excluding hydrogens is 468 g/mol. The van der Waals surface area contributed by atoms with Gasteiger partial charge in [-0.1, -0.05) is 163 Å². The molecule has 0 radical (unpaired) electrons. The highest BCUT2D eigenvalue weighted by atomic mass is 14.5. The highest BCUT2D eigenvalue weighted by molar-refractivity contribution is 5.63. The van der Waals surface area contributed by atoms with Crippen molar-refractivity contribution < 1.29 is 0 Å². The maximum atomic E-state index is 2.61. The molecule has 0 aromatic heterocycles. The van der Waals surface area contributed by atoms with Crippen molar-refractivity contribution >= 4 is 0 Å². The summed E-state index contributed by atoms with van der Waals surface area (Å²) >= 11 is 0. The fourth-order valence-corrected chi connectivity index (χ4v) is 6.64. The van der Waals surface area contributed by atoms with Crippen LogP contribution in [0.2, 0.25) is 0 Å². The minimum absolute atomic E-state index is 0.00158. The number of hydrogen-bond donors (Lipinski definition) is 0. The molecule has 0 atom stereocenters. The van der Waals surface area contributed by atoms with E-state index in [1.807, 2.05) is 0 Å². The summed E-state index contributed by atoms with van der Waals surface area (Å²) in [6.07, 6.45) is 0. The molecule has 2 rings (SSSR count). The molecule has 0 fully saturated rings. The maximum Gasteiger partial charge on any atom is 0.0158 e. The third kappa shape index (κ3) is 6.68. The van der Waals surface area contributed by atoms with Crippen molar-refractivity contribution in [2.24, 2.45) is 0 Å². The van der Waals surface area contributed by atoms with Crippen LogP contribution in [0.15, 0.2) is 24.3 Å². The number of hydrogen-bond acceptors (Lipinski definition) is 0. The first-order valence-corrected chi connectivity index (χ1v) is 15.3. The summed E-state index contributed by atoms with van der Waals surface area (Å²) in [6.45, 7) is 48.4. The second-order valence-corrected chi connectivity index (χ2v) is 18.9. The predicted octanol–water partition coefficient (Wildman–Crippen LogP) is 11.8. The van der Waals surface area contributed by atoms with E-state index in [9.17, 15) is 0 Å². The molecule has 2 aromatic rings. The third-order valence-corrected chi connectivity index (χ3v) is 8.37. The Morgan fingerprint density at radius 2 is 0.615 bits per heavy atom. The number of benzene rings is 2. The average molecular weight is 533 g/mol. The van der Waals surface area contributed by atoms with E-state index in [1.165, 1.54) is 27.8 Å². The second kappa shape index (κ2) is 9.77. The molecule has 0 aliphatic heterocycles. The van der Waals surface area contributed by atoms with E-state index in [0.717, 1.165) is 0 Å². The Hall–Kier alpha value is -1.56. The van der Waals surface area contributed by atoms with Gasteiger partial charge in [0.1, 0.15) is 0 Å². The van der Waals surface area contributed by atoms with Crippen LogP contribution in [-0.2, 0) is 37.9 Å². The summed E-state index contributed by atoms with van der Waals surface area (Å²) in [5.74, 6) is 0. The van der Waals surface area contributed by atoms with E-state index < -0.39 is 0 Å². The lowest BCUT2D eigenvalue weighted by Crippen LogP contribution is -2.38. The van der Waals surface area contributed by atoms with Crippen molar-refractivity contribution in [1.82, 2.24) is 0 Å². The molecule has 0 saturated heterocycles. The first kappa shape index (κ1) is 33.6. The molecular formula is C39H64. The topological polar surface area (TPSA) is 0 Å². The Labute approximate surface area is 244 Å². The van der Waals surface area contributed by atoms with Crippen molar-refractivity contribution in [3.05, 3.63) is 68.8 Å². The van der Waals surface area contributed by atoms with Crippen LogP contribution < -0.4 is 0 Å². The van der Waals surface area contributed by atoms with Crippen molar-refractivity contribution in [1.29, 1.82) is 0 Å². The minimum atomic E-state index is -0.200. The quantitative estimate of drug-likeness (QED) is 0.361. The first-order chi connectivity index (χ1) is 16.9. The van der Waals surface area contributed by atoms with E-state index in [-0.39, 0.29) is 37.9 Å². The molecule has 0 saturated carbocycles. The molecule has 0 N–H and O–H groups in total. The molecule has 0 bridgehead atoms. The van der Waals surface area contributed by atoms with Crippen molar-refractivity contribution in [2.75, 3.05) is 0 Å². The average Bonchev–Trinajstić information content (AvgIpc) is 2.67. The van der Waals surface area contributed by atoms with Gasteiger partial charge in [0, 0.05) is 5.41 Å².